The number of aryl methyl sites for hydroxylation is 1. The number of ether oxygens (including phenoxy) is 1. The number of likely N-dealkylation sites (N-methyl/N-ethyl adjacent to an activating group) is 1. The summed E-state index contributed by atoms with van der Waals surface area (Å²) in [6.07, 6.45) is 3.55. The third-order valence-electron chi connectivity index (χ3n) is 2.69. The topological polar surface area (TPSA) is 47.4 Å². The minimum atomic E-state index is -0.267. The number of anilines is 1. The summed E-state index contributed by atoms with van der Waals surface area (Å²) in [5.74, 6) is 0.483. The summed E-state index contributed by atoms with van der Waals surface area (Å²) in [7, 11) is 3.70. The van der Waals surface area contributed by atoms with Gasteiger partial charge in [-0.05, 0) is 5.56 Å². The van der Waals surface area contributed by atoms with Gasteiger partial charge in [-0.1, -0.05) is 30.3 Å². The van der Waals surface area contributed by atoms with E-state index in [1.807, 2.05) is 55.2 Å². The molecule has 0 radical (unpaired) electrons. The van der Waals surface area contributed by atoms with Crippen molar-refractivity contribution in [3.8, 4) is 0 Å². The highest BCUT2D eigenvalue weighted by Crippen LogP contribution is 2.07. The first-order valence-corrected chi connectivity index (χ1v) is 6.04. The Morgan fingerprint density at radius 2 is 2.11 bits per heavy atom. The van der Waals surface area contributed by atoms with Gasteiger partial charge in [0.2, 0.25) is 0 Å². The van der Waals surface area contributed by atoms with Crippen molar-refractivity contribution in [3.05, 3.63) is 48.4 Å². The summed E-state index contributed by atoms with van der Waals surface area (Å²) in [6, 6.07) is 9.62. The monoisotopic (exact) mass is 259 g/mol. The molecule has 0 saturated carbocycles. The summed E-state index contributed by atoms with van der Waals surface area (Å²) in [5, 5.41) is 0. The maximum Gasteiger partial charge on any atom is 0.325 e. The predicted molar refractivity (Wildman–Crippen MR) is 72.7 cm³/mol. The molecule has 1 aromatic carbocycles. The molecule has 0 aliphatic heterocycles. The zero-order chi connectivity index (χ0) is 13.7. The Kier molecular flexibility index (Phi) is 4.18. The molecule has 19 heavy (non-hydrogen) atoms. The highest BCUT2D eigenvalue weighted by Gasteiger charge is 2.10. The van der Waals surface area contributed by atoms with Crippen LogP contribution in [0.5, 0.6) is 0 Å². The van der Waals surface area contributed by atoms with Gasteiger partial charge in [-0.25, -0.2) is 4.98 Å². The molecular weight excluding hydrogens is 242 g/mol. The van der Waals surface area contributed by atoms with Gasteiger partial charge in [0, 0.05) is 20.3 Å². The fraction of sp³-hybridized carbons (Fsp3) is 0.286. The first-order chi connectivity index (χ1) is 9.15. The molecule has 0 saturated heterocycles. The smallest absolute Gasteiger partial charge is 0.325 e. The first-order valence-electron chi connectivity index (χ1n) is 6.04. The van der Waals surface area contributed by atoms with E-state index in [9.17, 15) is 4.79 Å². The molecule has 0 amide bonds. The zero-order valence-corrected chi connectivity index (χ0v) is 11.1. The summed E-state index contributed by atoms with van der Waals surface area (Å²) < 4.78 is 7.05. The van der Waals surface area contributed by atoms with E-state index in [1.165, 1.54) is 0 Å². The molecule has 0 spiro atoms. The van der Waals surface area contributed by atoms with Crippen LogP contribution in [0, 0.1) is 0 Å². The molecule has 2 aromatic rings. The van der Waals surface area contributed by atoms with Crippen LogP contribution in [-0.2, 0) is 23.2 Å². The number of esters is 1. The average Bonchev–Trinajstić information content (AvgIpc) is 2.84. The van der Waals surface area contributed by atoms with Crippen LogP contribution in [0.3, 0.4) is 0 Å². The molecule has 100 valence electrons. The van der Waals surface area contributed by atoms with Crippen LogP contribution in [0.1, 0.15) is 5.56 Å². The van der Waals surface area contributed by atoms with E-state index >= 15 is 0 Å². The number of benzene rings is 1. The Labute approximate surface area is 112 Å². The molecule has 1 aromatic heterocycles. The number of rotatable bonds is 5. The van der Waals surface area contributed by atoms with Gasteiger partial charge in [0.05, 0.1) is 6.33 Å². The van der Waals surface area contributed by atoms with Crippen molar-refractivity contribution >= 4 is 11.8 Å². The molecule has 5 nitrogen and oxygen atoms in total. The first kappa shape index (κ1) is 13.1. The second-order valence-electron chi connectivity index (χ2n) is 4.40. The van der Waals surface area contributed by atoms with Crippen LogP contribution in [0.2, 0.25) is 0 Å². The largest absolute Gasteiger partial charge is 0.459 e. The third-order valence-corrected chi connectivity index (χ3v) is 2.69. The van der Waals surface area contributed by atoms with E-state index in [1.54, 1.807) is 11.2 Å². The second-order valence-corrected chi connectivity index (χ2v) is 4.40. The van der Waals surface area contributed by atoms with Crippen molar-refractivity contribution in [2.75, 3.05) is 18.5 Å². The standard InChI is InChI=1S/C14H17N3O2/c1-16-8-13(15-11-16)17(2)9-14(18)19-10-12-6-4-3-5-7-12/h3-8,11H,9-10H2,1-2H3. The van der Waals surface area contributed by atoms with Gasteiger partial charge in [0.15, 0.2) is 0 Å². The van der Waals surface area contributed by atoms with E-state index in [-0.39, 0.29) is 12.5 Å². The van der Waals surface area contributed by atoms with E-state index in [2.05, 4.69) is 4.98 Å². The molecule has 0 N–H and O–H groups in total. The zero-order valence-electron chi connectivity index (χ0n) is 11.1. The maximum atomic E-state index is 11.7. The minimum Gasteiger partial charge on any atom is -0.459 e. The van der Waals surface area contributed by atoms with Crippen LogP contribution in [0.4, 0.5) is 5.82 Å². The predicted octanol–water partition coefficient (Wildman–Crippen LogP) is 1.60. The Morgan fingerprint density at radius 1 is 1.37 bits per heavy atom. The number of hydrogen-bond donors (Lipinski definition) is 0. The van der Waals surface area contributed by atoms with E-state index in [4.69, 9.17) is 4.74 Å². The molecular formula is C14H17N3O2. The lowest BCUT2D eigenvalue weighted by atomic mass is 10.2. The van der Waals surface area contributed by atoms with Crippen LogP contribution >= 0.6 is 0 Å². The Balaban J connectivity index is 1.81. The Morgan fingerprint density at radius 3 is 2.74 bits per heavy atom. The van der Waals surface area contributed by atoms with Gasteiger partial charge < -0.3 is 14.2 Å². The van der Waals surface area contributed by atoms with Crippen LogP contribution in [0.15, 0.2) is 42.9 Å². The normalized spacial score (nSPS) is 10.2. The highest BCUT2D eigenvalue weighted by molar-refractivity contribution is 5.75. The van der Waals surface area contributed by atoms with Crippen LogP contribution in [-0.4, -0.2) is 29.1 Å². The van der Waals surface area contributed by atoms with Gasteiger partial charge in [0.25, 0.3) is 0 Å². The van der Waals surface area contributed by atoms with E-state index < -0.39 is 0 Å². The van der Waals surface area contributed by atoms with Gasteiger partial charge in [0.1, 0.15) is 19.0 Å². The van der Waals surface area contributed by atoms with Crippen molar-refractivity contribution in [2.45, 2.75) is 6.61 Å². The molecule has 0 atom stereocenters. The Bertz CT molecular complexity index is 537. The summed E-state index contributed by atoms with van der Waals surface area (Å²) >= 11 is 0. The van der Waals surface area contributed by atoms with Gasteiger partial charge in [-0.2, -0.15) is 0 Å². The lowest BCUT2D eigenvalue weighted by Crippen LogP contribution is -2.27. The van der Waals surface area contributed by atoms with Crippen molar-refractivity contribution in [1.82, 2.24) is 9.55 Å². The summed E-state index contributed by atoms with van der Waals surface area (Å²) in [4.78, 5) is 17.6. The van der Waals surface area contributed by atoms with E-state index in [0.29, 0.717) is 6.61 Å². The number of nitrogens with zero attached hydrogens (tertiary/aromatic N) is 3. The van der Waals surface area contributed by atoms with Crippen LogP contribution in [0.25, 0.3) is 0 Å². The molecule has 0 bridgehead atoms. The number of hydrogen-bond acceptors (Lipinski definition) is 4. The van der Waals surface area contributed by atoms with E-state index in [0.717, 1.165) is 11.4 Å². The molecule has 2 rings (SSSR count). The van der Waals surface area contributed by atoms with Crippen LogP contribution < -0.4 is 4.90 Å². The van der Waals surface area contributed by atoms with Gasteiger partial charge >= 0.3 is 5.97 Å². The minimum absolute atomic E-state index is 0.184. The lowest BCUT2D eigenvalue weighted by molar-refractivity contribution is -0.143. The quantitative estimate of drug-likeness (QED) is 0.765. The fourth-order valence-corrected chi connectivity index (χ4v) is 1.65. The number of aromatic nitrogens is 2. The van der Waals surface area contributed by atoms with Crippen molar-refractivity contribution < 1.29 is 9.53 Å². The number of carbonyl (C=O) groups excluding carboxylic acids is 1. The van der Waals surface area contributed by atoms with Gasteiger partial charge in [-0.3, -0.25) is 4.79 Å². The number of carbonyl (C=O) groups is 1. The fourth-order valence-electron chi connectivity index (χ4n) is 1.65. The van der Waals surface area contributed by atoms with Crippen molar-refractivity contribution in [1.29, 1.82) is 0 Å². The molecule has 0 fully saturated rings. The molecule has 0 aliphatic rings. The van der Waals surface area contributed by atoms with Crippen molar-refractivity contribution in [3.63, 3.8) is 0 Å². The maximum absolute atomic E-state index is 11.7. The molecule has 5 heteroatoms. The summed E-state index contributed by atoms with van der Waals surface area (Å²) in [6.45, 7) is 0.486. The average molecular weight is 259 g/mol. The summed E-state index contributed by atoms with van der Waals surface area (Å²) in [5.41, 5.74) is 0.983. The third kappa shape index (κ3) is 3.84. The Hall–Kier alpha value is -2.30. The van der Waals surface area contributed by atoms with Gasteiger partial charge in [-0.15, -0.1) is 0 Å². The molecule has 1 heterocycles. The highest BCUT2D eigenvalue weighted by atomic mass is 16.5. The van der Waals surface area contributed by atoms with Crippen molar-refractivity contribution in [2.24, 2.45) is 7.05 Å². The molecule has 0 aliphatic carbocycles. The number of imidazole rings is 1. The SMILES string of the molecule is CN(CC(=O)OCc1ccccc1)c1cn(C)cn1. The second kappa shape index (κ2) is 6.04. The lowest BCUT2D eigenvalue weighted by Gasteiger charge is -2.15. The molecule has 0 unspecified atom stereocenters.